The maximum Gasteiger partial charge on any atom is 0.422 e. The second-order valence-electron chi connectivity index (χ2n) is 11.7. The monoisotopic (exact) mass is 764 g/mol. The summed E-state index contributed by atoms with van der Waals surface area (Å²) in [6, 6.07) is 10.7. The van der Waals surface area contributed by atoms with Gasteiger partial charge >= 0.3 is 6.09 Å². The molecule has 0 aliphatic heterocycles. The van der Waals surface area contributed by atoms with E-state index in [1.165, 1.54) is 0 Å². The van der Waals surface area contributed by atoms with E-state index >= 15 is 0 Å². The Hall–Kier alpha value is -4.39. The van der Waals surface area contributed by atoms with Gasteiger partial charge in [0.05, 0.1) is 13.2 Å². The first-order chi connectivity index (χ1) is 26.4. The Balaban J connectivity index is 1.63. The molecule has 3 rings (SSSR count). The molecule has 4 amide bonds. The lowest BCUT2D eigenvalue weighted by Crippen LogP contribution is -2.64. The number of methoxy groups -OCH3 is 1. The average Bonchev–Trinajstić information content (AvgIpc) is 3.48. The lowest BCUT2D eigenvalue weighted by molar-refractivity contribution is -0.121. The number of carbonyl (C=O) groups excluding carboxylic acids is 4. The highest BCUT2D eigenvalue weighted by Gasteiger charge is 2.33. The number of hydrazine groups is 8. The van der Waals surface area contributed by atoms with Crippen LogP contribution in [-0.4, -0.2) is 83.7 Å². The van der Waals surface area contributed by atoms with Crippen LogP contribution in [0.4, 0.5) is 15.0 Å². The zero-order chi connectivity index (χ0) is 38.8. The van der Waals surface area contributed by atoms with E-state index in [0.717, 1.165) is 41.6 Å². The molecule has 54 heavy (non-hydrogen) atoms. The Bertz CT molecular complexity index is 1460. The molecule has 0 spiro atoms. The Kier molecular flexibility index (Phi) is 21.5. The Labute approximate surface area is 313 Å². The summed E-state index contributed by atoms with van der Waals surface area (Å²) >= 11 is 0. The summed E-state index contributed by atoms with van der Waals surface area (Å²) in [6.45, 7) is 5.25. The number of fused-ring (bicyclic) bond motifs is 3. The zero-order valence-corrected chi connectivity index (χ0v) is 30.6. The number of nitrogens with one attached hydrogen (secondary N) is 12. The highest BCUT2D eigenvalue weighted by atomic mass is 19.2. The number of amides is 4. The summed E-state index contributed by atoms with van der Waals surface area (Å²) in [5.74, 6) is -1.18. The molecule has 0 saturated heterocycles. The number of carbonyl (C=O) groups is 4. The van der Waals surface area contributed by atoms with Crippen LogP contribution in [0.1, 0.15) is 72.9 Å². The second kappa shape index (κ2) is 26.4. The molecule has 300 valence electrons. The first kappa shape index (κ1) is 44.0. The van der Waals surface area contributed by atoms with Crippen molar-refractivity contribution in [1.29, 1.82) is 0 Å². The number of unbranched alkanes of at least 4 members (excludes halogenated alkanes) is 1. The van der Waals surface area contributed by atoms with Crippen LogP contribution < -0.4 is 65.8 Å². The highest BCUT2D eigenvalue weighted by molar-refractivity contribution is 6.04. The van der Waals surface area contributed by atoms with Crippen molar-refractivity contribution in [3.63, 3.8) is 0 Å². The van der Waals surface area contributed by atoms with Gasteiger partial charge in [-0.25, -0.2) is 10.2 Å². The van der Waals surface area contributed by atoms with Gasteiger partial charge < -0.3 is 34.9 Å². The van der Waals surface area contributed by atoms with Crippen LogP contribution in [0.15, 0.2) is 36.4 Å². The van der Waals surface area contributed by atoms with Crippen LogP contribution in [0.25, 0.3) is 11.1 Å². The summed E-state index contributed by atoms with van der Waals surface area (Å²) < 4.78 is 33.3. The average molecular weight is 765 g/mol. The second-order valence-corrected chi connectivity index (χ2v) is 11.7. The molecule has 0 saturated carbocycles. The van der Waals surface area contributed by atoms with Crippen LogP contribution in [0.3, 0.4) is 0 Å². The molecule has 1 aliphatic carbocycles. The fraction of sp³-hybridized carbons (Fsp3) is 0.515. The Morgan fingerprint density at radius 1 is 0.741 bits per heavy atom. The highest BCUT2D eigenvalue weighted by Crippen LogP contribution is 2.47. The maximum absolute atomic E-state index is 13.4. The Morgan fingerprint density at radius 2 is 1.44 bits per heavy atom. The van der Waals surface area contributed by atoms with Crippen molar-refractivity contribution in [2.45, 2.75) is 51.4 Å². The number of rotatable bonds is 29. The summed E-state index contributed by atoms with van der Waals surface area (Å²) in [4.78, 5) is 51.0. The van der Waals surface area contributed by atoms with Crippen LogP contribution >= 0.6 is 0 Å². The van der Waals surface area contributed by atoms with Crippen LogP contribution in [0, 0.1) is 0 Å². The van der Waals surface area contributed by atoms with Crippen LogP contribution in [-0.2, 0) is 28.5 Å². The van der Waals surface area contributed by atoms with Crippen molar-refractivity contribution in [1.82, 2.24) is 60.5 Å². The van der Waals surface area contributed by atoms with E-state index in [2.05, 4.69) is 61.5 Å². The molecule has 0 aromatic heterocycles. The van der Waals surface area contributed by atoms with Gasteiger partial charge in [-0.1, -0.05) is 37.2 Å². The topological polar surface area (TPSA) is 250 Å². The molecule has 1 atom stereocenters. The van der Waals surface area contributed by atoms with Crippen LogP contribution in [0.5, 0.6) is 0 Å². The van der Waals surface area contributed by atoms with Crippen molar-refractivity contribution in [2.75, 3.05) is 65.2 Å². The van der Waals surface area contributed by atoms with Gasteiger partial charge in [0.2, 0.25) is 11.8 Å². The molecule has 1 aliphatic rings. The fourth-order valence-electron chi connectivity index (χ4n) is 5.38. The fourth-order valence-corrected chi connectivity index (χ4v) is 5.38. The van der Waals surface area contributed by atoms with Gasteiger partial charge in [-0.2, -0.15) is 38.7 Å². The van der Waals surface area contributed by atoms with Crippen molar-refractivity contribution >= 4 is 29.5 Å². The molecule has 1 unspecified atom stereocenters. The first-order valence-corrected chi connectivity index (χ1v) is 17.7. The molecular formula is C33H53FN12O8. The van der Waals surface area contributed by atoms with Crippen molar-refractivity contribution in [3.8, 4) is 11.1 Å². The van der Waals surface area contributed by atoms with Gasteiger partial charge in [-0.3, -0.25) is 14.4 Å². The lowest BCUT2D eigenvalue weighted by atomic mass is 9.96. The number of hydrogen-bond donors (Lipinski definition) is 12. The van der Waals surface area contributed by atoms with Crippen LogP contribution in [0.2, 0.25) is 0 Å². The minimum atomic E-state index is -0.828. The number of halogens is 1. The number of anilines is 1. The molecule has 0 fully saturated rings. The minimum Gasteiger partial charge on any atom is -0.448 e. The maximum atomic E-state index is 13.4. The number of benzene rings is 2. The number of ether oxygens (including phenoxy) is 4. The van der Waals surface area contributed by atoms with E-state index in [1.54, 1.807) is 31.4 Å². The predicted molar refractivity (Wildman–Crippen MR) is 195 cm³/mol. The van der Waals surface area contributed by atoms with E-state index in [0.29, 0.717) is 69.4 Å². The molecule has 0 radical (unpaired) electrons. The third-order valence-corrected chi connectivity index (χ3v) is 7.85. The third kappa shape index (κ3) is 15.9. The van der Waals surface area contributed by atoms with Gasteiger partial charge in [-0.05, 0) is 59.7 Å². The predicted octanol–water partition coefficient (Wildman–Crippen LogP) is 0.271. The van der Waals surface area contributed by atoms with Crippen molar-refractivity contribution in [2.24, 2.45) is 0 Å². The van der Waals surface area contributed by atoms with E-state index in [9.17, 15) is 23.7 Å². The molecule has 0 heterocycles. The smallest absolute Gasteiger partial charge is 0.422 e. The zero-order valence-electron chi connectivity index (χ0n) is 30.6. The van der Waals surface area contributed by atoms with Crippen molar-refractivity contribution < 1.29 is 42.6 Å². The van der Waals surface area contributed by atoms with E-state index in [1.807, 2.05) is 17.7 Å². The van der Waals surface area contributed by atoms with Crippen molar-refractivity contribution in [3.05, 3.63) is 53.1 Å². The molecule has 21 heteroatoms. The SMILES string of the molecule is CCCCOCCNC(=O)CCCC(=O)Nc1ccc2c(c1)C(COC(=O)NNNNNNNNNF)c1cccc(C(=O)NCCOCCCOC)c1-2. The lowest BCUT2D eigenvalue weighted by Gasteiger charge is -2.16. The summed E-state index contributed by atoms with van der Waals surface area (Å²) in [7, 11) is 1.62. The van der Waals surface area contributed by atoms with Gasteiger partial charge in [-0.15, -0.1) is 4.48 Å². The van der Waals surface area contributed by atoms with Gasteiger partial charge in [0.1, 0.15) is 6.61 Å². The number of hydrogen-bond acceptors (Lipinski definition) is 16. The summed E-state index contributed by atoms with van der Waals surface area (Å²) in [6.07, 6.45) is 2.64. The van der Waals surface area contributed by atoms with E-state index < -0.39 is 12.0 Å². The normalized spacial score (nSPS) is 12.8. The standard InChI is InChI=1S/C33H53FN12O8/c1-3-4-17-52-19-14-35-29(47)10-6-11-30(48)37-23-12-13-25-27(21-23)28(22-54-33(50)38-40-42-44-46-45-43-41-39-34)24-8-5-9-26(31(24)25)32(49)36-15-20-53-18-7-16-51-2/h5,8-9,12-13,21,28,39-46H,3-4,6-7,10-11,14-20,22H2,1-2H3,(H,35,47)(H,36,49)(H,37,48)(H,38,50). The van der Waals surface area contributed by atoms with E-state index in [4.69, 9.17) is 18.9 Å². The summed E-state index contributed by atoms with van der Waals surface area (Å²) in [5, 5.41) is 8.60. The quantitative estimate of drug-likeness (QED) is 0.0302. The molecule has 0 bridgehead atoms. The minimum absolute atomic E-state index is 0.108. The molecular weight excluding hydrogens is 711 g/mol. The van der Waals surface area contributed by atoms with Gasteiger partial charge in [0, 0.05) is 70.0 Å². The molecule has 12 N–H and O–H groups in total. The van der Waals surface area contributed by atoms with Gasteiger partial charge in [0.25, 0.3) is 5.91 Å². The summed E-state index contributed by atoms with van der Waals surface area (Å²) in [5.41, 5.74) is 23.1. The molecule has 2 aromatic rings. The molecule has 20 nitrogen and oxygen atoms in total. The third-order valence-electron chi connectivity index (χ3n) is 7.85. The Morgan fingerprint density at radius 3 is 2.19 bits per heavy atom. The van der Waals surface area contributed by atoms with E-state index in [-0.39, 0.29) is 37.2 Å². The van der Waals surface area contributed by atoms with Gasteiger partial charge in [0.15, 0.2) is 0 Å². The molecule has 2 aromatic carbocycles. The largest absolute Gasteiger partial charge is 0.448 e. The first-order valence-electron chi connectivity index (χ1n) is 17.7.